The Bertz CT molecular complexity index is 322. The molecule has 2 aliphatic carbocycles. The van der Waals surface area contributed by atoms with E-state index in [1.807, 2.05) is 0 Å². The van der Waals surface area contributed by atoms with Gasteiger partial charge in [0.2, 0.25) is 0 Å². The van der Waals surface area contributed by atoms with Crippen LogP contribution in [0.2, 0.25) is 0 Å². The molecule has 0 aromatic carbocycles. The van der Waals surface area contributed by atoms with Gasteiger partial charge in [-0.05, 0) is 50.9 Å². The molecule has 0 aliphatic heterocycles. The second-order valence-electron chi connectivity index (χ2n) is 5.99. The third-order valence-electron chi connectivity index (χ3n) is 4.23. The molecule has 84 valence electrons. The molecule has 2 atom stereocenters. The highest BCUT2D eigenvalue weighted by atomic mass is 16.1. The molecule has 0 bridgehead atoms. The molecule has 0 aromatic heterocycles. The van der Waals surface area contributed by atoms with Gasteiger partial charge in [0, 0.05) is 5.92 Å². The van der Waals surface area contributed by atoms with Crippen molar-refractivity contribution < 1.29 is 4.79 Å². The summed E-state index contributed by atoms with van der Waals surface area (Å²) in [6.07, 6.45) is 4.98. The lowest BCUT2D eigenvalue weighted by Crippen LogP contribution is -2.22. The molecule has 0 N–H and O–H groups in total. The monoisotopic (exact) mass is 206 g/mol. The molecule has 0 aromatic rings. The summed E-state index contributed by atoms with van der Waals surface area (Å²) in [6, 6.07) is 0. The summed E-state index contributed by atoms with van der Waals surface area (Å²) in [4.78, 5) is 11.4. The Labute approximate surface area is 92.9 Å². The highest BCUT2D eigenvalue weighted by molar-refractivity contribution is 5.82. The van der Waals surface area contributed by atoms with Crippen LogP contribution in [0.1, 0.15) is 53.4 Å². The summed E-state index contributed by atoms with van der Waals surface area (Å²) in [6.45, 7) is 8.71. The molecule has 1 nitrogen and oxygen atoms in total. The Hall–Kier alpha value is -0.590. The highest BCUT2D eigenvalue weighted by Crippen LogP contribution is 2.55. The maximum absolute atomic E-state index is 11.4. The van der Waals surface area contributed by atoms with Crippen LogP contribution in [-0.4, -0.2) is 5.78 Å². The standard InChI is InChI=1S/C14H22O/c1-9-6-5-7-14(3,4)13(9)12-8-11(12)10(2)15/h11-12H,5-8H2,1-4H3/t11-,12+/m0/s1. The normalized spacial score (nSPS) is 34.1. The molecule has 0 radical (unpaired) electrons. The van der Waals surface area contributed by atoms with Crippen molar-refractivity contribution in [2.24, 2.45) is 17.3 Å². The first-order valence-electron chi connectivity index (χ1n) is 6.14. The van der Waals surface area contributed by atoms with Crippen LogP contribution in [0.4, 0.5) is 0 Å². The lowest BCUT2D eigenvalue weighted by atomic mass is 9.70. The Morgan fingerprint density at radius 1 is 1.40 bits per heavy atom. The van der Waals surface area contributed by atoms with Crippen molar-refractivity contribution in [1.29, 1.82) is 0 Å². The van der Waals surface area contributed by atoms with Crippen LogP contribution < -0.4 is 0 Å². The van der Waals surface area contributed by atoms with Crippen molar-refractivity contribution in [2.75, 3.05) is 0 Å². The molecule has 2 aliphatic rings. The van der Waals surface area contributed by atoms with E-state index >= 15 is 0 Å². The molecule has 0 spiro atoms. The molecule has 15 heavy (non-hydrogen) atoms. The van der Waals surface area contributed by atoms with Crippen LogP contribution in [0, 0.1) is 17.3 Å². The second-order valence-corrected chi connectivity index (χ2v) is 5.99. The fraction of sp³-hybridized carbons (Fsp3) is 0.786. The molecule has 0 unspecified atom stereocenters. The van der Waals surface area contributed by atoms with Gasteiger partial charge in [0.1, 0.15) is 5.78 Å². The van der Waals surface area contributed by atoms with Gasteiger partial charge in [0.25, 0.3) is 0 Å². The fourth-order valence-electron chi connectivity index (χ4n) is 3.42. The summed E-state index contributed by atoms with van der Waals surface area (Å²) in [5, 5.41) is 0. The molecule has 1 heteroatoms. The molecule has 0 heterocycles. The Balaban J connectivity index is 2.23. The van der Waals surface area contributed by atoms with E-state index in [1.54, 1.807) is 18.1 Å². The Kier molecular flexibility index (Phi) is 2.52. The Morgan fingerprint density at radius 3 is 2.53 bits per heavy atom. The molecular weight excluding hydrogens is 184 g/mol. The van der Waals surface area contributed by atoms with E-state index in [4.69, 9.17) is 0 Å². The minimum Gasteiger partial charge on any atom is -0.300 e. The number of carbonyl (C=O) groups excluding carboxylic acids is 1. The van der Waals surface area contributed by atoms with Crippen molar-refractivity contribution in [3.63, 3.8) is 0 Å². The number of ketones is 1. The Morgan fingerprint density at radius 2 is 2.07 bits per heavy atom. The fourth-order valence-corrected chi connectivity index (χ4v) is 3.42. The second kappa shape index (κ2) is 3.47. The van der Waals surface area contributed by atoms with Gasteiger partial charge in [0.15, 0.2) is 0 Å². The number of hydrogen-bond acceptors (Lipinski definition) is 1. The highest BCUT2D eigenvalue weighted by Gasteiger charge is 2.48. The topological polar surface area (TPSA) is 17.1 Å². The number of carbonyl (C=O) groups is 1. The van der Waals surface area contributed by atoms with E-state index in [2.05, 4.69) is 20.8 Å². The zero-order valence-corrected chi connectivity index (χ0v) is 10.4. The van der Waals surface area contributed by atoms with Gasteiger partial charge in [-0.15, -0.1) is 0 Å². The van der Waals surface area contributed by atoms with Gasteiger partial charge in [-0.2, -0.15) is 0 Å². The summed E-state index contributed by atoms with van der Waals surface area (Å²) >= 11 is 0. The average molecular weight is 206 g/mol. The lowest BCUT2D eigenvalue weighted by Gasteiger charge is -2.35. The maximum Gasteiger partial charge on any atom is 0.133 e. The number of Topliss-reactive ketones (excluding diaryl/α,β-unsaturated/α-hetero) is 1. The number of rotatable bonds is 2. The van der Waals surface area contributed by atoms with E-state index in [0.29, 0.717) is 23.0 Å². The predicted octanol–water partition coefficient (Wildman–Crippen LogP) is 3.74. The first kappa shape index (κ1) is 10.9. The van der Waals surface area contributed by atoms with Crippen molar-refractivity contribution in [1.82, 2.24) is 0 Å². The first-order valence-corrected chi connectivity index (χ1v) is 6.14. The van der Waals surface area contributed by atoms with E-state index < -0.39 is 0 Å². The van der Waals surface area contributed by atoms with Gasteiger partial charge >= 0.3 is 0 Å². The summed E-state index contributed by atoms with van der Waals surface area (Å²) in [5.74, 6) is 1.34. The van der Waals surface area contributed by atoms with Crippen molar-refractivity contribution in [2.45, 2.75) is 53.4 Å². The van der Waals surface area contributed by atoms with Crippen molar-refractivity contribution in [3.8, 4) is 0 Å². The van der Waals surface area contributed by atoms with Gasteiger partial charge in [-0.1, -0.05) is 25.0 Å². The minimum atomic E-state index is 0.344. The quantitative estimate of drug-likeness (QED) is 0.629. The van der Waals surface area contributed by atoms with Gasteiger partial charge < -0.3 is 0 Å². The molecule has 0 amide bonds. The molecule has 1 fully saturated rings. The largest absolute Gasteiger partial charge is 0.300 e. The maximum atomic E-state index is 11.4. The summed E-state index contributed by atoms with van der Waals surface area (Å²) in [5.41, 5.74) is 3.53. The zero-order chi connectivity index (χ0) is 11.2. The van der Waals surface area contributed by atoms with Crippen LogP contribution >= 0.6 is 0 Å². The third kappa shape index (κ3) is 1.89. The molecule has 2 rings (SSSR count). The first-order chi connectivity index (χ1) is 6.93. The molecule has 1 saturated carbocycles. The third-order valence-corrected chi connectivity index (χ3v) is 4.23. The lowest BCUT2D eigenvalue weighted by molar-refractivity contribution is -0.118. The minimum absolute atomic E-state index is 0.344. The van der Waals surface area contributed by atoms with E-state index in [1.165, 1.54) is 19.3 Å². The van der Waals surface area contributed by atoms with Crippen molar-refractivity contribution >= 4 is 5.78 Å². The van der Waals surface area contributed by atoms with E-state index in [0.717, 1.165) is 6.42 Å². The van der Waals surface area contributed by atoms with Gasteiger partial charge in [0.05, 0.1) is 0 Å². The van der Waals surface area contributed by atoms with Crippen LogP contribution in [0.15, 0.2) is 11.1 Å². The zero-order valence-electron chi connectivity index (χ0n) is 10.4. The van der Waals surface area contributed by atoms with Gasteiger partial charge in [-0.25, -0.2) is 0 Å². The van der Waals surface area contributed by atoms with Gasteiger partial charge in [-0.3, -0.25) is 4.79 Å². The number of hydrogen-bond donors (Lipinski definition) is 0. The summed E-state index contributed by atoms with van der Waals surface area (Å²) < 4.78 is 0. The van der Waals surface area contributed by atoms with E-state index in [-0.39, 0.29) is 0 Å². The molecule has 0 saturated heterocycles. The van der Waals surface area contributed by atoms with Crippen LogP contribution in [-0.2, 0) is 4.79 Å². The predicted molar refractivity (Wildman–Crippen MR) is 62.6 cm³/mol. The van der Waals surface area contributed by atoms with E-state index in [9.17, 15) is 4.79 Å². The average Bonchev–Trinajstić information content (AvgIpc) is 2.81. The summed E-state index contributed by atoms with van der Waals surface area (Å²) in [7, 11) is 0. The smallest absolute Gasteiger partial charge is 0.133 e. The van der Waals surface area contributed by atoms with Crippen LogP contribution in [0.5, 0.6) is 0 Å². The van der Waals surface area contributed by atoms with Crippen LogP contribution in [0.25, 0.3) is 0 Å². The van der Waals surface area contributed by atoms with Crippen LogP contribution in [0.3, 0.4) is 0 Å². The molecular formula is C14H22O. The number of allylic oxidation sites excluding steroid dienone is 2. The van der Waals surface area contributed by atoms with Crippen molar-refractivity contribution in [3.05, 3.63) is 11.1 Å². The SMILES string of the molecule is CC(=O)[C@@H]1C[C@H]1C1=C(C)CCCC1(C)C.